The molecule has 0 fully saturated rings. The van der Waals surface area contributed by atoms with Gasteiger partial charge in [-0.25, -0.2) is 4.68 Å². The van der Waals surface area contributed by atoms with Gasteiger partial charge in [-0.2, -0.15) is 23.5 Å². The first kappa shape index (κ1) is 20.1. The van der Waals surface area contributed by atoms with Crippen molar-refractivity contribution in [1.82, 2.24) is 9.78 Å². The van der Waals surface area contributed by atoms with E-state index in [1.165, 1.54) is 0 Å². The zero-order valence-electron chi connectivity index (χ0n) is 12.2. The molecule has 2 N–H and O–H groups in total. The molecule has 0 amide bonds. The summed E-state index contributed by atoms with van der Waals surface area (Å²) in [7, 11) is 0. The molecule has 0 aliphatic carbocycles. The van der Waals surface area contributed by atoms with E-state index in [0.717, 1.165) is 16.8 Å². The molecule has 1 heterocycles. The minimum atomic E-state index is -4.61. The van der Waals surface area contributed by atoms with Crippen molar-refractivity contribution in [3.63, 3.8) is 0 Å². The first-order valence-electron chi connectivity index (χ1n) is 6.36. The van der Waals surface area contributed by atoms with Gasteiger partial charge in [0.15, 0.2) is 5.69 Å². The molecule has 11 heteroatoms. The number of anilines is 1. The molecule has 4 nitrogen and oxygen atoms in total. The number of nitriles is 1. The molecule has 0 atom stereocenters. The minimum Gasteiger partial charge on any atom is -0.383 e. The Morgan fingerprint density at radius 3 is 2.20 bits per heavy atom. The number of hydrogen-bond donors (Lipinski definition) is 1. The van der Waals surface area contributed by atoms with E-state index in [1.807, 2.05) is 6.07 Å². The first-order chi connectivity index (χ1) is 11.5. The van der Waals surface area contributed by atoms with Crippen LogP contribution in [-0.2, 0) is 6.18 Å². The Labute approximate surface area is 167 Å². The van der Waals surface area contributed by atoms with E-state index in [9.17, 15) is 18.4 Å². The summed E-state index contributed by atoms with van der Waals surface area (Å²) in [6.07, 6.45) is -4.61. The Kier molecular flexibility index (Phi) is 5.78. The van der Waals surface area contributed by atoms with Crippen LogP contribution in [0.4, 0.5) is 19.0 Å². The number of nitrogens with zero attached hydrogens (tertiary/aromatic N) is 3. The maximum Gasteiger partial charge on any atom is 0.416 e. The summed E-state index contributed by atoms with van der Waals surface area (Å²) < 4.78 is 40.7. The second-order valence-electron chi connectivity index (χ2n) is 4.77. The van der Waals surface area contributed by atoms with Crippen molar-refractivity contribution in [3.8, 4) is 11.8 Å². The molecule has 0 aliphatic rings. The Bertz CT molecular complexity index is 902. The van der Waals surface area contributed by atoms with Gasteiger partial charge in [0.25, 0.3) is 0 Å². The Morgan fingerprint density at radius 2 is 1.80 bits per heavy atom. The third-order valence-electron chi connectivity index (χ3n) is 3.10. The maximum atomic E-state index is 12.9. The van der Waals surface area contributed by atoms with Crippen LogP contribution in [0.25, 0.3) is 10.2 Å². The molecule has 0 spiro atoms. The average molecular weight is 519 g/mol. The van der Waals surface area contributed by atoms with Crippen molar-refractivity contribution in [2.75, 3.05) is 5.73 Å². The van der Waals surface area contributed by atoms with Crippen LogP contribution < -0.4 is 5.73 Å². The molecule has 0 saturated heterocycles. The zero-order valence-corrected chi connectivity index (χ0v) is 16.9. The number of nitrogen functional groups attached to an aromatic ring is 1. The Balaban J connectivity index is 2.78. The average Bonchev–Trinajstić information content (AvgIpc) is 2.81. The molecule has 0 unspecified atom stereocenters. The van der Waals surface area contributed by atoms with E-state index < -0.39 is 11.7 Å². The molecule has 132 valence electrons. The number of hydrogen-bond acceptors (Lipinski definition) is 3. The van der Waals surface area contributed by atoms with Crippen LogP contribution in [0, 0.1) is 11.3 Å². The summed E-state index contributed by atoms with van der Waals surface area (Å²) in [4.78, 5) is 0. The van der Waals surface area contributed by atoms with Gasteiger partial charge in [0.1, 0.15) is 17.6 Å². The van der Waals surface area contributed by atoms with Crippen LogP contribution in [0.15, 0.2) is 16.6 Å². The molecular formula is C14H7Br2Cl2F3N4. The number of benzene rings is 1. The molecule has 1 aromatic heterocycles. The summed E-state index contributed by atoms with van der Waals surface area (Å²) in [6.45, 7) is 1.71. The van der Waals surface area contributed by atoms with E-state index in [4.69, 9.17) is 28.9 Å². The summed E-state index contributed by atoms with van der Waals surface area (Å²) in [5.74, 6) is -0.00853. The van der Waals surface area contributed by atoms with Gasteiger partial charge < -0.3 is 5.73 Å². The van der Waals surface area contributed by atoms with Gasteiger partial charge in [-0.15, -0.1) is 0 Å². The lowest BCUT2D eigenvalue weighted by Gasteiger charge is -2.13. The van der Waals surface area contributed by atoms with Crippen LogP contribution in [0.3, 0.4) is 0 Å². The van der Waals surface area contributed by atoms with Crippen LogP contribution in [0.5, 0.6) is 0 Å². The molecule has 1 aromatic carbocycles. The van der Waals surface area contributed by atoms with Crippen molar-refractivity contribution in [1.29, 1.82) is 5.26 Å². The SMILES string of the molecule is C/C(Br)=C(/Br)c1c(C#N)nn(-c2c(Cl)cc(C(F)(F)F)cc2Cl)c1N. The maximum absolute atomic E-state index is 12.9. The fourth-order valence-corrected chi connectivity index (χ4v) is 3.24. The number of rotatable bonds is 2. The van der Waals surface area contributed by atoms with Crippen LogP contribution in [0.2, 0.25) is 10.0 Å². The number of aromatic nitrogens is 2. The summed E-state index contributed by atoms with van der Waals surface area (Å²) >= 11 is 18.5. The fraction of sp³-hybridized carbons (Fsp3) is 0.143. The smallest absolute Gasteiger partial charge is 0.383 e. The van der Waals surface area contributed by atoms with E-state index in [1.54, 1.807) is 6.92 Å². The third kappa shape index (κ3) is 3.82. The highest BCUT2D eigenvalue weighted by Crippen LogP contribution is 2.40. The van der Waals surface area contributed by atoms with E-state index in [2.05, 4.69) is 37.0 Å². The molecule has 2 aromatic rings. The second-order valence-corrected chi connectivity index (χ2v) is 7.56. The van der Waals surface area contributed by atoms with Gasteiger partial charge in [0, 0.05) is 8.96 Å². The number of allylic oxidation sites excluding steroid dienone is 1. The second kappa shape index (κ2) is 7.19. The lowest BCUT2D eigenvalue weighted by Crippen LogP contribution is -2.08. The van der Waals surface area contributed by atoms with Gasteiger partial charge >= 0.3 is 6.18 Å². The Morgan fingerprint density at radius 1 is 1.28 bits per heavy atom. The first-order valence-corrected chi connectivity index (χ1v) is 8.70. The molecule has 0 radical (unpaired) electrons. The number of alkyl halides is 3. The minimum absolute atomic E-state index is 0.00853. The van der Waals surface area contributed by atoms with Crippen LogP contribution in [-0.4, -0.2) is 9.78 Å². The van der Waals surface area contributed by atoms with E-state index in [0.29, 0.717) is 8.96 Å². The standard InChI is InChI=1S/C14H7Br2Cl2F3N4/c1-5(15)11(16)10-9(4-22)24-25(13(10)23)12-7(17)2-6(3-8(12)18)14(19,20)21/h2-3H,23H2,1H3/b11-5-. The van der Waals surface area contributed by atoms with Gasteiger partial charge in [-0.05, 0) is 35.0 Å². The zero-order chi connectivity index (χ0) is 19.1. The largest absolute Gasteiger partial charge is 0.416 e. The highest BCUT2D eigenvalue weighted by Gasteiger charge is 2.33. The summed E-state index contributed by atoms with van der Waals surface area (Å²) in [5.41, 5.74) is 5.20. The highest BCUT2D eigenvalue weighted by molar-refractivity contribution is 9.16. The lowest BCUT2D eigenvalue weighted by atomic mass is 10.2. The Hall–Kier alpha value is -1.21. The van der Waals surface area contributed by atoms with Crippen molar-refractivity contribution in [2.45, 2.75) is 13.1 Å². The van der Waals surface area contributed by atoms with Gasteiger partial charge in [-0.1, -0.05) is 39.1 Å². The molecule has 25 heavy (non-hydrogen) atoms. The third-order valence-corrected chi connectivity index (χ3v) is 5.60. The molecule has 0 saturated carbocycles. The van der Waals surface area contributed by atoms with E-state index >= 15 is 0 Å². The van der Waals surface area contributed by atoms with Crippen LogP contribution >= 0.6 is 55.1 Å². The van der Waals surface area contributed by atoms with Crippen molar-refractivity contribution >= 4 is 65.4 Å². The van der Waals surface area contributed by atoms with Crippen molar-refractivity contribution in [3.05, 3.63) is 43.5 Å². The monoisotopic (exact) mass is 516 g/mol. The van der Waals surface area contributed by atoms with E-state index in [-0.39, 0.29) is 32.8 Å². The fourth-order valence-electron chi connectivity index (χ4n) is 2.00. The van der Waals surface area contributed by atoms with Crippen molar-refractivity contribution in [2.24, 2.45) is 0 Å². The van der Waals surface area contributed by atoms with Crippen molar-refractivity contribution < 1.29 is 13.2 Å². The molecule has 0 aliphatic heterocycles. The molecule has 2 rings (SSSR count). The summed E-state index contributed by atoms with van der Waals surface area (Å²) in [6, 6.07) is 3.31. The highest BCUT2D eigenvalue weighted by atomic mass is 79.9. The van der Waals surface area contributed by atoms with Gasteiger partial charge in [0.05, 0.1) is 21.2 Å². The van der Waals surface area contributed by atoms with Gasteiger partial charge in [0.2, 0.25) is 0 Å². The number of nitrogens with two attached hydrogens (primary N) is 1. The topological polar surface area (TPSA) is 67.6 Å². The van der Waals surface area contributed by atoms with Gasteiger partial charge in [-0.3, -0.25) is 0 Å². The quantitative estimate of drug-likeness (QED) is 0.520. The summed E-state index contributed by atoms with van der Waals surface area (Å²) in [5, 5.41) is 12.7. The van der Waals surface area contributed by atoms with Crippen LogP contribution in [0.1, 0.15) is 23.7 Å². The predicted octanol–water partition coefficient (Wildman–Crippen LogP) is 6.13. The normalized spacial score (nSPS) is 12.8. The molecular weight excluding hydrogens is 512 g/mol. The number of halogens is 7. The predicted molar refractivity (Wildman–Crippen MR) is 98.2 cm³/mol. The molecule has 0 bridgehead atoms. The lowest BCUT2D eigenvalue weighted by molar-refractivity contribution is -0.137.